The van der Waals surface area contributed by atoms with Crippen molar-refractivity contribution in [3.8, 4) is 0 Å². The van der Waals surface area contributed by atoms with Crippen LogP contribution < -0.4 is 31.9 Å². The zero-order valence-corrected chi connectivity index (χ0v) is 35.7. The summed E-state index contributed by atoms with van der Waals surface area (Å²) in [5, 5.41) is 26.1. The van der Waals surface area contributed by atoms with E-state index in [4.69, 9.17) is 46.4 Å². The van der Waals surface area contributed by atoms with Crippen LogP contribution in [0, 0.1) is 0 Å². The minimum atomic E-state index is -0.299. The van der Waals surface area contributed by atoms with E-state index in [1.165, 1.54) is 22.2 Å². The minimum Gasteiger partial charge on any atom is -0.331 e. The van der Waals surface area contributed by atoms with Crippen LogP contribution in [0.3, 0.4) is 0 Å². The molecular formula is C36H36Cl4N12O4S2. The Morgan fingerprint density at radius 3 is 1.12 bits per heavy atom. The van der Waals surface area contributed by atoms with E-state index in [0.717, 1.165) is 34.4 Å². The number of nitrogens with one attached hydrogen (secondary N) is 6. The van der Waals surface area contributed by atoms with Crippen LogP contribution in [0.1, 0.15) is 0 Å². The van der Waals surface area contributed by atoms with Gasteiger partial charge in [0.2, 0.25) is 0 Å². The molecule has 0 unspecified atom stereocenters. The number of carbonyl (C=O) groups is 4. The van der Waals surface area contributed by atoms with E-state index < -0.39 is 0 Å². The zero-order chi connectivity index (χ0) is 42.5. The molecule has 0 atom stereocenters. The van der Waals surface area contributed by atoms with E-state index in [1.54, 1.807) is 64.6 Å². The molecule has 16 nitrogen and oxygen atoms in total. The molecule has 0 saturated carbocycles. The van der Waals surface area contributed by atoms with Gasteiger partial charge in [0.05, 0.1) is 32.5 Å². The smallest absolute Gasteiger partial charge is 0.324 e. The average molecular weight is 907 g/mol. The number of carbonyl (C=O) groups excluding carboxylic acids is 4. The summed E-state index contributed by atoms with van der Waals surface area (Å²) in [4.78, 5) is 48.2. The zero-order valence-electron chi connectivity index (χ0n) is 31.0. The minimum absolute atomic E-state index is 0.205. The quantitative estimate of drug-likeness (QED) is 0.0948. The molecule has 2 heterocycles. The van der Waals surface area contributed by atoms with Gasteiger partial charge in [-0.2, -0.15) is 0 Å². The van der Waals surface area contributed by atoms with Gasteiger partial charge < -0.3 is 31.1 Å². The Kier molecular flexibility index (Phi) is 19.9. The summed E-state index contributed by atoms with van der Waals surface area (Å²) in [5.41, 5.74) is 2.73. The maximum atomic E-state index is 11.4. The van der Waals surface area contributed by atoms with Crippen molar-refractivity contribution in [3.05, 3.63) is 130 Å². The number of hydrogen-bond acceptors (Lipinski definition) is 10. The number of aromatic nitrogens is 4. The van der Waals surface area contributed by atoms with E-state index in [2.05, 4.69) is 51.1 Å². The molecule has 0 radical (unpaired) electrons. The molecule has 4 aromatic carbocycles. The summed E-state index contributed by atoms with van der Waals surface area (Å²) in [7, 11) is 6.64. The fourth-order valence-electron chi connectivity index (χ4n) is 3.65. The van der Waals surface area contributed by atoms with E-state index in [-0.39, 0.29) is 24.1 Å². The molecule has 0 spiro atoms. The van der Waals surface area contributed by atoms with E-state index in [0.29, 0.717) is 41.5 Å². The fraction of sp³-hybridized carbons (Fsp3) is 0.111. The second-order valence-electron chi connectivity index (χ2n) is 11.4. The Bertz CT molecular complexity index is 2030. The molecule has 6 aromatic rings. The van der Waals surface area contributed by atoms with Crippen LogP contribution in [0.2, 0.25) is 20.1 Å². The predicted octanol–water partition coefficient (Wildman–Crippen LogP) is 10.5. The van der Waals surface area contributed by atoms with Crippen molar-refractivity contribution in [1.82, 2.24) is 29.0 Å². The summed E-state index contributed by atoms with van der Waals surface area (Å²) in [6, 6.07) is 27.3. The molecule has 0 saturated heterocycles. The molecule has 0 fully saturated rings. The lowest BCUT2D eigenvalue weighted by molar-refractivity contribution is 0.230. The molecule has 6 rings (SSSR count). The third-order valence-corrected chi connectivity index (χ3v) is 9.05. The second-order valence-corrected chi connectivity index (χ2v) is 14.6. The van der Waals surface area contributed by atoms with Crippen LogP contribution in [-0.4, -0.2) is 81.3 Å². The van der Waals surface area contributed by atoms with Gasteiger partial charge in [-0.25, -0.2) is 19.2 Å². The lowest BCUT2D eigenvalue weighted by atomic mass is 10.3. The van der Waals surface area contributed by atoms with Crippen molar-refractivity contribution < 1.29 is 19.2 Å². The standard InChI is InChI=1S/2C9H10Cl2N2O.2C9H8N4OS/c2*1-13(2)9(14)12-6-3-4-7(10)8(11)5-6;2*14-9(12-8-6-10-13-15-8)11-7-4-2-1-3-5-7/h2*3-5H,1-2H3,(H,12,14);2*1-6H,(H2,11,12,14). The third-order valence-electron chi connectivity index (χ3n) is 6.41. The van der Waals surface area contributed by atoms with E-state index in [9.17, 15) is 19.2 Å². The van der Waals surface area contributed by atoms with Crippen molar-refractivity contribution in [2.75, 3.05) is 60.1 Å². The van der Waals surface area contributed by atoms with Crippen molar-refractivity contribution >= 4 is 126 Å². The van der Waals surface area contributed by atoms with Crippen LogP contribution in [-0.2, 0) is 0 Å². The number of amides is 8. The number of halogens is 4. The number of anilines is 6. The summed E-state index contributed by atoms with van der Waals surface area (Å²) in [6.07, 6.45) is 2.99. The molecule has 0 aliphatic rings. The highest BCUT2D eigenvalue weighted by Crippen LogP contribution is 2.26. The largest absolute Gasteiger partial charge is 0.331 e. The number of nitrogens with zero attached hydrogens (tertiary/aromatic N) is 6. The van der Waals surface area contributed by atoms with Gasteiger partial charge in [0.1, 0.15) is 10.0 Å². The van der Waals surface area contributed by atoms with Crippen molar-refractivity contribution in [2.45, 2.75) is 0 Å². The first kappa shape index (κ1) is 46.6. The number of urea groups is 4. The van der Waals surface area contributed by atoms with Gasteiger partial charge in [-0.05, 0) is 60.7 Å². The topological polar surface area (TPSA) is 198 Å². The maximum Gasteiger partial charge on any atom is 0.324 e. The van der Waals surface area contributed by atoms with Crippen LogP contribution in [0.4, 0.5) is 51.9 Å². The molecule has 22 heteroatoms. The molecule has 8 amide bonds. The molecule has 6 N–H and O–H groups in total. The summed E-state index contributed by atoms with van der Waals surface area (Å²) >= 11 is 25.3. The van der Waals surface area contributed by atoms with E-state index >= 15 is 0 Å². The lowest BCUT2D eigenvalue weighted by Gasteiger charge is -2.12. The highest BCUT2D eigenvalue weighted by Gasteiger charge is 2.07. The van der Waals surface area contributed by atoms with Crippen LogP contribution in [0.15, 0.2) is 109 Å². The van der Waals surface area contributed by atoms with Gasteiger partial charge in [-0.15, -0.1) is 10.2 Å². The molecule has 58 heavy (non-hydrogen) atoms. The Hall–Kier alpha value is -5.76. The molecule has 0 aliphatic heterocycles. The van der Waals surface area contributed by atoms with Crippen molar-refractivity contribution in [3.63, 3.8) is 0 Å². The first-order chi connectivity index (χ1) is 27.7. The van der Waals surface area contributed by atoms with Crippen LogP contribution in [0.25, 0.3) is 0 Å². The number of benzene rings is 4. The van der Waals surface area contributed by atoms with Gasteiger partial charge in [0.25, 0.3) is 0 Å². The highest BCUT2D eigenvalue weighted by atomic mass is 35.5. The lowest BCUT2D eigenvalue weighted by Crippen LogP contribution is -2.27. The number of hydrogen-bond donors (Lipinski definition) is 6. The maximum absolute atomic E-state index is 11.4. The van der Waals surface area contributed by atoms with Crippen molar-refractivity contribution in [2.24, 2.45) is 0 Å². The van der Waals surface area contributed by atoms with E-state index in [1.807, 2.05) is 60.7 Å². The summed E-state index contributed by atoms with van der Waals surface area (Å²) < 4.78 is 7.26. The van der Waals surface area contributed by atoms with Gasteiger partial charge in [-0.1, -0.05) is 91.8 Å². The first-order valence-corrected chi connectivity index (χ1v) is 19.4. The Morgan fingerprint density at radius 1 is 0.466 bits per heavy atom. The van der Waals surface area contributed by atoms with Gasteiger partial charge in [0.15, 0.2) is 0 Å². The second kappa shape index (κ2) is 24.8. The molecule has 2 aromatic heterocycles. The third kappa shape index (κ3) is 18.0. The first-order valence-electron chi connectivity index (χ1n) is 16.4. The Balaban J connectivity index is 0.000000207. The Morgan fingerprint density at radius 2 is 0.828 bits per heavy atom. The van der Waals surface area contributed by atoms with Gasteiger partial charge >= 0.3 is 24.1 Å². The van der Waals surface area contributed by atoms with Gasteiger partial charge in [0, 0.05) is 74.0 Å². The SMILES string of the molecule is CN(C)C(=O)Nc1ccc(Cl)c(Cl)c1.CN(C)C(=O)Nc1ccc(Cl)c(Cl)c1.O=C(Nc1ccccc1)Nc1cnns1.O=C(Nc1ccccc1)Nc1cnns1. The normalized spacial score (nSPS) is 9.66. The molecule has 304 valence electrons. The number of para-hydroxylation sites is 2. The number of rotatable bonds is 6. The predicted molar refractivity (Wildman–Crippen MR) is 236 cm³/mol. The molecular weight excluding hydrogens is 870 g/mol. The summed E-state index contributed by atoms with van der Waals surface area (Å²) in [5.74, 6) is 0. The monoisotopic (exact) mass is 904 g/mol. The van der Waals surface area contributed by atoms with Gasteiger partial charge in [-0.3, -0.25) is 10.6 Å². The molecule has 0 bridgehead atoms. The van der Waals surface area contributed by atoms with Crippen LogP contribution >= 0.6 is 69.5 Å². The highest BCUT2D eigenvalue weighted by molar-refractivity contribution is 7.10. The fourth-order valence-corrected chi connectivity index (χ4v) is 5.08. The summed E-state index contributed by atoms with van der Waals surface area (Å²) in [6.45, 7) is 0. The molecule has 0 aliphatic carbocycles. The van der Waals surface area contributed by atoms with Crippen LogP contribution in [0.5, 0.6) is 0 Å². The Labute approximate surface area is 362 Å². The average Bonchev–Trinajstić information content (AvgIpc) is 3.91. The van der Waals surface area contributed by atoms with Crippen molar-refractivity contribution in [1.29, 1.82) is 0 Å².